The van der Waals surface area contributed by atoms with Crippen LogP contribution in [0.15, 0.2) is 49.1 Å². The van der Waals surface area contributed by atoms with Gasteiger partial charge in [-0.2, -0.15) is 8.42 Å². The Hall–Kier alpha value is -2.19. The van der Waals surface area contributed by atoms with Gasteiger partial charge in [0.15, 0.2) is 0 Å². The van der Waals surface area contributed by atoms with Gasteiger partial charge < -0.3 is 11.1 Å². The van der Waals surface area contributed by atoms with Crippen molar-refractivity contribution < 1.29 is 22.6 Å². The second-order valence-corrected chi connectivity index (χ2v) is 3.82. The van der Waals surface area contributed by atoms with Gasteiger partial charge in [0.1, 0.15) is 0 Å². The summed E-state index contributed by atoms with van der Waals surface area (Å²) in [5.74, 6) is -0.887. The topological polar surface area (TPSA) is 127 Å². The van der Waals surface area contributed by atoms with E-state index in [1.54, 1.807) is 0 Å². The number of nitrogens with one attached hydrogen (secondary N) is 1. The summed E-state index contributed by atoms with van der Waals surface area (Å²) in [6, 6.07) is 0. The van der Waals surface area contributed by atoms with Crippen LogP contribution in [0.5, 0.6) is 0 Å². The largest absolute Gasteiger partial charge is 0.366 e. The highest BCUT2D eigenvalue weighted by atomic mass is 32.2. The molecule has 0 atom stereocenters. The van der Waals surface area contributed by atoms with Crippen LogP contribution < -0.4 is 11.1 Å². The highest BCUT2D eigenvalue weighted by Crippen LogP contribution is 1.84. The summed E-state index contributed by atoms with van der Waals surface area (Å²) in [5, 5.41) is 2.84. The van der Waals surface area contributed by atoms with Crippen LogP contribution >= 0.6 is 0 Å². The van der Waals surface area contributed by atoms with Crippen molar-refractivity contribution in [3.63, 3.8) is 0 Å². The molecule has 0 aromatic rings. The van der Waals surface area contributed by atoms with Gasteiger partial charge in [0, 0.05) is 6.20 Å². The second-order valence-electron chi connectivity index (χ2n) is 2.52. The molecule has 0 aliphatic heterocycles. The quantitative estimate of drug-likeness (QED) is 0.365. The number of nitrogens with two attached hydrogens (primary N) is 1. The summed E-state index contributed by atoms with van der Waals surface area (Å²) in [4.78, 5) is 20.0. The lowest BCUT2D eigenvalue weighted by molar-refractivity contribution is -0.115. The third kappa shape index (κ3) is 19.4. The molecule has 0 radical (unpaired) electrons. The van der Waals surface area contributed by atoms with Gasteiger partial charge in [-0.25, -0.2) is 0 Å². The van der Waals surface area contributed by atoms with Gasteiger partial charge in [0.25, 0.3) is 10.1 Å². The van der Waals surface area contributed by atoms with Gasteiger partial charge in [-0.1, -0.05) is 13.2 Å². The molecule has 100 valence electrons. The van der Waals surface area contributed by atoms with Crippen molar-refractivity contribution in [2.45, 2.75) is 0 Å². The van der Waals surface area contributed by atoms with E-state index in [-0.39, 0.29) is 0 Å². The fourth-order valence-electron chi connectivity index (χ4n) is 0.389. The van der Waals surface area contributed by atoms with Crippen molar-refractivity contribution in [2.24, 2.45) is 5.73 Å². The number of hydrogen-bond acceptors (Lipinski definition) is 4. The zero-order valence-corrected chi connectivity index (χ0v) is 10.3. The highest BCUT2D eigenvalue weighted by molar-refractivity contribution is 7.88. The number of carbonyl (C=O) groups is 2. The van der Waals surface area contributed by atoms with Crippen molar-refractivity contribution in [3.8, 4) is 0 Å². The minimum atomic E-state index is -4.10. The predicted molar refractivity (Wildman–Crippen MR) is 67.6 cm³/mol. The van der Waals surface area contributed by atoms with Crippen molar-refractivity contribution in [2.75, 3.05) is 0 Å². The first-order valence-corrected chi connectivity index (χ1v) is 5.88. The lowest BCUT2D eigenvalue weighted by Gasteiger charge is -1.88. The normalized spacial score (nSPS) is 10.5. The second kappa shape index (κ2) is 10.00. The van der Waals surface area contributed by atoms with Crippen molar-refractivity contribution in [1.82, 2.24) is 5.32 Å². The van der Waals surface area contributed by atoms with Gasteiger partial charge in [-0.15, -0.1) is 0 Å². The Bertz CT molecular complexity index is 463. The van der Waals surface area contributed by atoms with E-state index < -0.39 is 21.9 Å². The number of primary amides is 1. The van der Waals surface area contributed by atoms with E-state index in [4.69, 9.17) is 4.55 Å². The van der Waals surface area contributed by atoms with Crippen LogP contribution in [0.2, 0.25) is 0 Å². The SMILES string of the molecule is C=CC(=O)NC=CC=CS(=O)(=O)O.C=CC(N)=O. The Labute approximate surface area is 105 Å². The number of carbonyl (C=O) groups excluding carboxylic acids is 2. The average molecular weight is 274 g/mol. The maximum Gasteiger partial charge on any atom is 0.287 e. The third-order valence-electron chi connectivity index (χ3n) is 1.07. The first-order chi connectivity index (χ1) is 8.22. The first kappa shape index (κ1) is 18.2. The molecule has 0 aliphatic rings. The molecular formula is C10H14N2O5S. The standard InChI is InChI=1S/C7H9NO4S.C3H5NO/c1-2-7(9)8-5-3-4-6-13(10,11)12;1-2-3(4)5/h2-6H,1H2,(H,8,9)(H,10,11,12);2H,1H2,(H2,4,5). The smallest absolute Gasteiger partial charge is 0.287 e. The Morgan fingerprint density at radius 2 is 1.67 bits per heavy atom. The molecule has 4 N–H and O–H groups in total. The fraction of sp³-hybridized carbons (Fsp3) is 0. The van der Waals surface area contributed by atoms with Gasteiger partial charge in [-0.3, -0.25) is 14.1 Å². The van der Waals surface area contributed by atoms with Gasteiger partial charge in [-0.05, 0) is 24.3 Å². The van der Waals surface area contributed by atoms with E-state index in [0.717, 1.165) is 18.2 Å². The van der Waals surface area contributed by atoms with Crippen molar-refractivity contribution in [3.05, 3.63) is 49.1 Å². The Morgan fingerprint density at radius 3 is 2.00 bits per heavy atom. The van der Waals surface area contributed by atoms with E-state index in [9.17, 15) is 18.0 Å². The van der Waals surface area contributed by atoms with Crippen molar-refractivity contribution in [1.29, 1.82) is 0 Å². The van der Waals surface area contributed by atoms with E-state index in [1.807, 2.05) is 0 Å². The lowest BCUT2D eigenvalue weighted by atomic mass is 10.5. The summed E-state index contributed by atoms with van der Waals surface area (Å²) in [6.45, 7) is 6.28. The van der Waals surface area contributed by atoms with E-state index in [0.29, 0.717) is 5.41 Å². The molecule has 18 heavy (non-hydrogen) atoms. The number of allylic oxidation sites excluding steroid dienone is 2. The van der Waals surface area contributed by atoms with Crippen LogP contribution in [-0.2, 0) is 19.7 Å². The lowest BCUT2D eigenvalue weighted by Crippen LogP contribution is -2.12. The molecule has 0 aromatic carbocycles. The molecule has 0 heterocycles. The monoisotopic (exact) mass is 274 g/mol. The third-order valence-corrected chi connectivity index (χ3v) is 1.57. The molecule has 0 aromatic heterocycles. The van der Waals surface area contributed by atoms with Crippen molar-refractivity contribution >= 4 is 21.9 Å². The van der Waals surface area contributed by atoms with Gasteiger partial charge in [0.2, 0.25) is 11.8 Å². The molecular weight excluding hydrogens is 260 g/mol. The van der Waals surface area contributed by atoms with Crippen LogP contribution in [0.3, 0.4) is 0 Å². The predicted octanol–water partition coefficient (Wildman–Crippen LogP) is -0.138. The molecule has 0 fully saturated rings. The Morgan fingerprint density at radius 1 is 1.17 bits per heavy atom. The number of amides is 2. The first-order valence-electron chi connectivity index (χ1n) is 4.38. The highest BCUT2D eigenvalue weighted by Gasteiger charge is 1.91. The minimum absolute atomic E-state index is 0.406. The van der Waals surface area contributed by atoms with Crippen LogP contribution in [0.25, 0.3) is 0 Å². The summed E-state index contributed by atoms with van der Waals surface area (Å²) in [7, 11) is -4.10. The molecule has 0 spiro atoms. The Kier molecular flexibility index (Phi) is 10.1. The van der Waals surface area contributed by atoms with Crippen LogP contribution in [0.4, 0.5) is 0 Å². The van der Waals surface area contributed by atoms with Crippen LogP contribution in [0.1, 0.15) is 0 Å². The number of rotatable bonds is 5. The maximum atomic E-state index is 10.5. The van der Waals surface area contributed by atoms with E-state index in [1.165, 1.54) is 12.3 Å². The molecule has 0 rings (SSSR count). The average Bonchev–Trinajstić information content (AvgIpc) is 2.27. The van der Waals surface area contributed by atoms with Crippen LogP contribution in [0, 0.1) is 0 Å². The maximum absolute atomic E-state index is 10.5. The molecule has 7 nitrogen and oxygen atoms in total. The number of hydrogen-bond donors (Lipinski definition) is 3. The molecule has 0 saturated heterocycles. The zero-order valence-electron chi connectivity index (χ0n) is 9.44. The minimum Gasteiger partial charge on any atom is -0.366 e. The van der Waals surface area contributed by atoms with Crippen LogP contribution in [-0.4, -0.2) is 24.8 Å². The van der Waals surface area contributed by atoms with Gasteiger partial charge in [0.05, 0.1) is 5.41 Å². The van der Waals surface area contributed by atoms with E-state index in [2.05, 4.69) is 24.2 Å². The molecule has 0 unspecified atom stereocenters. The summed E-state index contributed by atoms with van der Waals surface area (Å²) in [5.41, 5.74) is 4.53. The van der Waals surface area contributed by atoms with E-state index >= 15 is 0 Å². The summed E-state index contributed by atoms with van der Waals surface area (Å²) in [6.07, 6.45) is 5.65. The Balaban J connectivity index is 0. The fourth-order valence-corrected chi connectivity index (χ4v) is 0.679. The van der Waals surface area contributed by atoms with Gasteiger partial charge >= 0.3 is 0 Å². The summed E-state index contributed by atoms with van der Waals surface area (Å²) >= 11 is 0. The molecule has 2 amide bonds. The molecule has 0 saturated carbocycles. The molecule has 0 aliphatic carbocycles. The summed E-state index contributed by atoms with van der Waals surface area (Å²) < 4.78 is 28.5. The zero-order chi connectivity index (χ0) is 14.6. The molecule has 0 bridgehead atoms. The molecule has 8 heteroatoms.